The van der Waals surface area contributed by atoms with Crippen LogP contribution in [0.5, 0.6) is 5.88 Å². The van der Waals surface area contributed by atoms with Gasteiger partial charge in [-0.05, 0) is 98.6 Å². The summed E-state index contributed by atoms with van der Waals surface area (Å²) in [6.45, 7) is 8.25. The number of aromatic nitrogens is 1. The summed E-state index contributed by atoms with van der Waals surface area (Å²) in [7, 11) is 0. The average molecular weight is 575 g/mol. The lowest BCUT2D eigenvalue weighted by Crippen LogP contribution is -2.43. The zero-order valence-corrected chi connectivity index (χ0v) is 24.6. The van der Waals surface area contributed by atoms with Gasteiger partial charge < -0.3 is 9.64 Å². The lowest BCUT2D eigenvalue weighted by molar-refractivity contribution is -0.130. The number of piperidine rings is 1. The number of nitrogens with zero attached hydrogens (tertiary/aromatic N) is 4. The molecule has 42 heavy (non-hydrogen) atoms. The number of ether oxygens (including phenoxy) is 1. The minimum Gasteiger partial charge on any atom is -0.478 e. The molecule has 2 aliphatic heterocycles. The summed E-state index contributed by atoms with van der Waals surface area (Å²) in [4.78, 5) is 28.0. The molecule has 0 saturated carbocycles. The van der Waals surface area contributed by atoms with Gasteiger partial charge in [-0.3, -0.25) is 9.69 Å². The summed E-state index contributed by atoms with van der Waals surface area (Å²) in [5.74, 6) is 0.973. The zero-order valence-electron chi connectivity index (χ0n) is 24.6. The fourth-order valence-electron chi connectivity index (χ4n) is 6.05. The lowest BCUT2D eigenvalue weighted by Gasteiger charge is -2.33. The average Bonchev–Trinajstić information content (AvgIpc) is 3.29. The summed E-state index contributed by atoms with van der Waals surface area (Å²) >= 11 is 0. The molecule has 0 bridgehead atoms. The molecule has 2 aromatic carbocycles. The van der Waals surface area contributed by atoms with E-state index in [2.05, 4.69) is 29.8 Å². The highest BCUT2D eigenvalue weighted by atomic mass is 19.1. The molecule has 3 aromatic rings. The minimum atomic E-state index is -1.35. The molecule has 2 aliphatic rings. The largest absolute Gasteiger partial charge is 0.478 e. The van der Waals surface area contributed by atoms with Crippen LogP contribution in [0.2, 0.25) is 0 Å². The number of likely N-dealkylation sites (tertiary alicyclic amines) is 1. The van der Waals surface area contributed by atoms with Crippen LogP contribution in [-0.4, -0.2) is 59.3 Å². The third-order valence-corrected chi connectivity index (χ3v) is 8.29. The van der Waals surface area contributed by atoms with Crippen molar-refractivity contribution in [2.45, 2.75) is 63.8 Å². The predicted octanol–water partition coefficient (Wildman–Crippen LogP) is 6.70. The van der Waals surface area contributed by atoms with Gasteiger partial charge in [0.15, 0.2) is 5.54 Å². The van der Waals surface area contributed by atoms with Crippen LogP contribution in [-0.2, 0) is 10.3 Å². The van der Waals surface area contributed by atoms with Gasteiger partial charge in [0.25, 0.3) is 5.91 Å². The molecule has 6 nitrogen and oxygen atoms in total. The molecule has 0 spiro atoms. The van der Waals surface area contributed by atoms with Crippen LogP contribution < -0.4 is 4.74 Å². The summed E-state index contributed by atoms with van der Waals surface area (Å²) in [5.41, 5.74) is 1.07. The molecule has 1 fully saturated rings. The lowest BCUT2D eigenvalue weighted by atomic mass is 9.82. The summed E-state index contributed by atoms with van der Waals surface area (Å²) in [5, 5.41) is 0. The van der Waals surface area contributed by atoms with Crippen LogP contribution in [0.25, 0.3) is 0 Å². The van der Waals surface area contributed by atoms with E-state index in [9.17, 15) is 13.6 Å². The second kappa shape index (κ2) is 13.6. The first-order valence-corrected chi connectivity index (χ1v) is 15.2. The van der Waals surface area contributed by atoms with E-state index in [-0.39, 0.29) is 17.5 Å². The summed E-state index contributed by atoms with van der Waals surface area (Å²) in [6, 6.07) is 15.9. The summed E-state index contributed by atoms with van der Waals surface area (Å²) in [6.07, 6.45) is 7.35. The Labute approximate surface area is 247 Å². The molecular formula is C34H40F2N4O2. The van der Waals surface area contributed by atoms with E-state index in [1.807, 2.05) is 12.3 Å². The zero-order chi connectivity index (χ0) is 29.5. The standard InChI is InChI=1S/C34H40F2N4O2/c1-3-6-31-38-34(27-8-12-29(35)13-9-27,28-10-14-30(36)15-11-28)33(41)40(31)20-5-19-39-21-17-25(18-22-39)26-7-16-32(37-24-26)42-23-4-2/h7-16,24-25H,3-6,17-23H2,1-2H3. The Morgan fingerprint density at radius 1 is 0.881 bits per heavy atom. The van der Waals surface area contributed by atoms with E-state index in [0.717, 1.165) is 57.6 Å². The van der Waals surface area contributed by atoms with Crippen LogP contribution in [0.3, 0.4) is 0 Å². The monoisotopic (exact) mass is 574 g/mol. The van der Waals surface area contributed by atoms with Crippen molar-refractivity contribution in [2.75, 3.05) is 32.8 Å². The Morgan fingerprint density at radius 2 is 1.52 bits per heavy atom. The smallest absolute Gasteiger partial charge is 0.265 e. The van der Waals surface area contributed by atoms with Crippen LogP contribution in [0.15, 0.2) is 71.9 Å². The van der Waals surface area contributed by atoms with Crippen molar-refractivity contribution in [3.63, 3.8) is 0 Å². The quantitative estimate of drug-likeness (QED) is 0.242. The number of carbonyl (C=O) groups is 1. The Balaban J connectivity index is 1.24. The number of amides is 1. The predicted molar refractivity (Wildman–Crippen MR) is 161 cm³/mol. The highest BCUT2D eigenvalue weighted by Gasteiger charge is 2.50. The molecule has 0 radical (unpaired) electrons. The van der Waals surface area contributed by atoms with Gasteiger partial charge in [-0.25, -0.2) is 18.8 Å². The topological polar surface area (TPSA) is 58.0 Å². The number of rotatable bonds is 12. The van der Waals surface area contributed by atoms with Crippen molar-refractivity contribution in [1.82, 2.24) is 14.8 Å². The Bertz CT molecular complexity index is 1310. The Morgan fingerprint density at radius 3 is 2.07 bits per heavy atom. The van der Waals surface area contributed by atoms with Gasteiger partial charge in [0.1, 0.15) is 17.5 Å². The third-order valence-electron chi connectivity index (χ3n) is 8.29. The van der Waals surface area contributed by atoms with Crippen LogP contribution >= 0.6 is 0 Å². The first-order valence-electron chi connectivity index (χ1n) is 15.2. The second-order valence-electron chi connectivity index (χ2n) is 11.2. The molecule has 0 unspecified atom stereocenters. The molecule has 0 N–H and O–H groups in total. The number of aliphatic imine (C=N–C) groups is 1. The van der Waals surface area contributed by atoms with E-state index < -0.39 is 5.54 Å². The first-order chi connectivity index (χ1) is 20.4. The first kappa shape index (κ1) is 29.8. The molecule has 222 valence electrons. The molecule has 1 aromatic heterocycles. The van der Waals surface area contributed by atoms with Crippen LogP contribution in [0.4, 0.5) is 8.78 Å². The number of hydrogen-bond donors (Lipinski definition) is 0. The minimum absolute atomic E-state index is 0.165. The number of amidine groups is 1. The van der Waals surface area contributed by atoms with Crippen molar-refractivity contribution in [1.29, 1.82) is 0 Å². The Kier molecular flexibility index (Phi) is 9.62. The van der Waals surface area contributed by atoms with Gasteiger partial charge in [-0.15, -0.1) is 0 Å². The van der Waals surface area contributed by atoms with Gasteiger partial charge in [-0.2, -0.15) is 0 Å². The van der Waals surface area contributed by atoms with Gasteiger partial charge in [0.05, 0.1) is 6.61 Å². The van der Waals surface area contributed by atoms with Crippen molar-refractivity contribution in [3.8, 4) is 5.88 Å². The van der Waals surface area contributed by atoms with Crippen LogP contribution in [0, 0.1) is 11.6 Å². The third kappa shape index (κ3) is 6.38. The Hall–Kier alpha value is -3.65. The maximum Gasteiger partial charge on any atom is 0.265 e. The molecule has 0 atom stereocenters. The number of pyridine rings is 1. The van der Waals surface area contributed by atoms with Crippen LogP contribution in [0.1, 0.15) is 75.0 Å². The second-order valence-corrected chi connectivity index (χ2v) is 11.2. The molecule has 3 heterocycles. The maximum atomic E-state index is 14.2. The van der Waals surface area contributed by atoms with Gasteiger partial charge in [0, 0.05) is 25.2 Å². The van der Waals surface area contributed by atoms with Gasteiger partial charge in [0.2, 0.25) is 5.88 Å². The number of benzene rings is 2. The van der Waals surface area contributed by atoms with Gasteiger partial charge in [-0.1, -0.05) is 44.2 Å². The van der Waals surface area contributed by atoms with E-state index in [1.165, 1.54) is 29.8 Å². The van der Waals surface area contributed by atoms with Crippen molar-refractivity contribution in [2.24, 2.45) is 4.99 Å². The number of carbonyl (C=O) groups excluding carboxylic acids is 1. The maximum absolute atomic E-state index is 14.2. The number of halogens is 2. The van der Waals surface area contributed by atoms with E-state index in [1.54, 1.807) is 29.2 Å². The van der Waals surface area contributed by atoms with E-state index in [4.69, 9.17) is 9.73 Å². The molecule has 1 saturated heterocycles. The SMILES string of the molecule is CCCOc1ccc(C2CCN(CCCN3C(=O)C(c4ccc(F)cc4)(c4ccc(F)cc4)N=C3CCC)CC2)cn1. The van der Waals surface area contributed by atoms with Crippen molar-refractivity contribution >= 4 is 11.7 Å². The highest BCUT2D eigenvalue weighted by Crippen LogP contribution is 2.41. The van der Waals surface area contributed by atoms with E-state index >= 15 is 0 Å². The fraction of sp³-hybridized carbons (Fsp3) is 0.441. The fourth-order valence-corrected chi connectivity index (χ4v) is 6.05. The normalized spacial score (nSPS) is 17.5. The van der Waals surface area contributed by atoms with Crippen molar-refractivity contribution in [3.05, 3.63) is 95.2 Å². The van der Waals surface area contributed by atoms with E-state index in [0.29, 0.717) is 42.5 Å². The summed E-state index contributed by atoms with van der Waals surface area (Å²) < 4.78 is 33.3. The molecule has 8 heteroatoms. The highest BCUT2D eigenvalue weighted by molar-refractivity contribution is 6.10. The molecule has 1 amide bonds. The number of hydrogen-bond acceptors (Lipinski definition) is 5. The molecule has 5 rings (SSSR count). The molecule has 0 aliphatic carbocycles. The van der Waals surface area contributed by atoms with Gasteiger partial charge >= 0.3 is 0 Å². The molecular weight excluding hydrogens is 534 g/mol. The van der Waals surface area contributed by atoms with Crippen molar-refractivity contribution < 1.29 is 18.3 Å².